The summed E-state index contributed by atoms with van der Waals surface area (Å²) in [6, 6.07) is 2.98. The van der Waals surface area contributed by atoms with E-state index in [4.69, 9.17) is 5.11 Å². The average molecular weight is 167 g/mol. The maximum absolute atomic E-state index is 12.7. The van der Waals surface area contributed by atoms with Gasteiger partial charge in [0.15, 0.2) is 0 Å². The molecule has 0 amide bonds. The first kappa shape index (κ1) is 8.39. The summed E-state index contributed by atoms with van der Waals surface area (Å²) >= 11 is 0. The van der Waals surface area contributed by atoms with Crippen molar-refractivity contribution < 1.29 is 14.3 Å². The summed E-state index contributed by atoms with van der Waals surface area (Å²) in [7, 11) is 0. The number of nitrogens with zero attached hydrogens (tertiary/aromatic N) is 1. The molecule has 0 unspecified atom stereocenters. The Kier molecular flexibility index (Phi) is 2.53. The predicted octanol–water partition coefficient (Wildman–Crippen LogP) is 1.32. The Balaban J connectivity index is 2.89. The zero-order chi connectivity index (χ0) is 8.97. The molecule has 0 spiro atoms. The first-order chi connectivity index (χ1) is 5.70. The molecule has 12 heavy (non-hydrogen) atoms. The third-order valence-electron chi connectivity index (χ3n) is 1.19. The van der Waals surface area contributed by atoms with Gasteiger partial charge in [0.25, 0.3) is 0 Å². The van der Waals surface area contributed by atoms with Crippen LogP contribution in [0, 0.1) is 5.95 Å². The maximum Gasteiger partial charge on any atom is 0.328 e. The van der Waals surface area contributed by atoms with Crippen molar-refractivity contribution in [3.63, 3.8) is 0 Å². The normalized spacial score (nSPS) is 10.4. The molecular formula is C8H6FNO2. The number of carbonyl (C=O) groups is 1. The van der Waals surface area contributed by atoms with Crippen LogP contribution < -0.4 is 0 Å². The second kappa shape index (κ2) is 3.61. The van der Waals surface area contributed by atoms with Gasteiger partial charge in [0.2, 0.25) is 5.95 Å². The van der Waals surface area contributed by atoms with Crippen LogP contribution in [0.3, 0.4) is 0 Å². The molecule has 1 aromatic rings. The van der Waals surface area contributed by atoms with E-state index in [1.807, 2.05) is 0 Å². The molecule has 0 aliphatic heterocycles. The molecule has 0 aliphatic carbocycles. The fraction of sp³-hybridized carbons (Fsp3) is 0. The lowest BCUT2D eigenvalue weighted by Gasteiger charge is -1.91. The van der Waals surface area contributed by atoms with Crippen molar-refractivity contribution in [2.24, 2.45) is 0 Å². The highest BCUT2D eigenvalue weighted by molar-refractivity contribution is 5.85. The standard InChI is InChI=1S/C8H6FNO2/c9-8-6(2-1-5-10-8)3-4-7(11)12/h1-5H,(H,11,12)/b4-3+. The summed E-state index contributed by atoms with van der Waals surface area (Å²) in [6.07, 6.45) is 3.32. The van der Waals surface area contributed by atoms with Crippen molar-refractivity contribution in [3.8, 4) is 0 Å². The molecule has 1 N–H and O–H groups in total. The molecule has 0 bridgehead atoms. The predicted molar refractivity (Wildman–Crippen MR) is 40.9 cm³/mol. The van der Waals surface area contributed by atoms with Gasteiger partial charge >= 0.3 is 5.97 Å². The number of rotatable bonds is 2. The van der Waals surface area contributed by atoms with Crippen molar-refractivity contribution in [2.45, 2.75) is 0 Å². The van der Waals surface area contributed by atoms with Crippen molar-refractivity contribution in [1.82, 2.24) is 4.98 Å². The summed E-state index contributed by atoms with van der Waals surface area (Å²) in [4.78, 5) is 13.4. The van der Waals surface area contributed by atoms with Gasteiger partial charge in [-0.3, -0.25) is 0 Å². The van der Waals surface area contributed by atoms with Gasteiger partial charge in [-0.2, -0.15) is 4.39 Å². The SMILES string of the molecule is O=C(O)/C=C/c1cccnc1F. The molecule has 62 valence electrons. The van der Waals surface area contributed by atoms with Crippen LogP contribution in [0.4, 0.5) is 4.39 Å². The minimum atomic E-state index is -1.11. The Morgan fingerprint density at radius 1 is 1.67 bits per heavy atom. The molecule has 0 aliphatic rings. The van der Waals surface area contributed by atoms with Crippen LogP contribution in [-0.2, 0) is 4.79 Å². The lowest BCUT2D eigenvalue weighted by Crippen LogP contribution is -1.89. The summed E-state index contributed by atoms with van der Waals surface area (Å²) in [6.45, 7) is 0. The molecule has 0 saturated carbocycles. The van der Waals surface area contributed by atoms with Gasteiger partial charge in [0.1, 0.15) is 0 Å². The van der Waals surface area contributed by atoms with Crippen molar-refractivity contribution in [3.05, 3.63) is 35.9 Å². The van der Waals surface area contributed by atoms with E-state index in [1.165, 1.54) is 18.3 Å². The smallest absolute Gasteiger partial charge is 0.328 e. The minimum Gasteiger partial charge on any atom is -0.478 e. The second-order valence-electron chi connectivity index (χ2n) is 2.06. The first-order valence-electron chi connectivity index (χ1n) is 3.21. The zero-order valence-corrected chi connectivity index (χ0v) is 6.07. The van der Waals surface area contributed by atoms with Crippen molar-refractivity contribution in [2.75, 3.05) is 0 Å². The van der Waals surface area contributed by atoms with Crippen molar-refractivity contribution >= 4 is 12.0 Å². The molecule has 1 rings (SSSR count). The molecule has 0 radical (unpaired) electrons. The lowest BCUT2D eigenvalue weighted by molar-refractivity contribution is -0.131. The van der Waals surface area contributed by atoms with Crippen LogP contribution in [-0.4, -0.2) is 16.1 Å². The topological polar surface area (TPSA) is 50.2 Å². The van der Waals surface area contributed by atoms with E-state index in [0.717, 1.165) is 12.2 Å². The number of hydrogen-bond donors (Lipinski definition) is 1. The van der Waals surface area contributed by atoms with E-state index in [1.54, 1.807) is 0 Å². The van der Waals surface area contributed by atoms with E-state index >= 15 is 0 Å². The molecule has 3 nitrogen and oxygen atoms in total. The van der Waals surface area contributed by atoms with Crippen molar-refractivity contribution in [1.29, 1.82) is 0 Å². The summed E-state index contributed by atoms with van der Waals surface area (Å²) < 4.78 is 12.7. The monoisotopic (exact) mass is 167 g/mol. The first-order valence-corrected chi connectivity index (χ1v) is 3.21. The molecule has 0 atom stereocenters. The van der Waals surface area contributed by atoms with Crippen LogP contribution in [0.2, 0.25) is 0 Å². The Labute approximate surface area is 68.2 Å². The summed E-state index contributed by atoms with van der Waals surface area (Å²) in [5.74, 6) is -1.78. The van der Waals surface area contributed by atoms with Gasteiger partial charge in [-0.25, -0.2) is 9.78 Å². The largest absolute Gasteiger partial charge is 0.478 e. The number of pyridine rings is 1. The van der Waals surface area contributed by atoms with Gasteiger partial charge in [-0.05, 0) is 18.2 Å². The Morgan fingerprint density at radius 2 is 2.42 bits per heavy atom. The minimum absolute atomic E-state index is 0.167. The van der Waals surface area contributed by atoms with E-state index in [0.29, 0.717) is 0 Å². The summed E-state index contributed by atoms with van der Waals surface area (Å²) in [5.41, 5.74) is 0.167. The van der Waals surface area contributed by atoms with E-state index in [2.05, 4.69) is 4.98 Å². The van der Waals surface area contributed by atoms with Gasteiger partial charge in [-0.15, -0.1) is 0 Å². The van der Waals surface area contributed by atoms with E-state index < -0.39 is 11.9 Å². The highest BCUT2D eigenvalue weighted by atomic mass is 19.1. The highest BCUT2D eigenvalue weighted by Crippen LogP contribution is 2.04. The second-order valence-corrected chi connectivity index (χ2v) is 2.06. The van der Waals surface area contributed by atoms with Gasteiger partial charge in [0, 0.05) is 17.8 Å². The lowest BCUT2D eigenvalue weighted by atomic mass is 10.2. The highest BCUT2D eigenvalue weighted by Gasteiger charge is 1.96. The van der Waals surface area contributed by atoms with E-state index in [9.17, 15) is 9.18 Å². The zero-order valence-electron chi connectivity index (χ0n) is 6.07. The Bertz CT molecular complexity index is 323. The van der Waals surface area contributed by atoms with Crippen LogP contribution in [0.1, 0.15) is 5.56 Å². The van der Waals surface area contributed by atoms with Crippen LogP contribution in [0.15, 0.2) is 24.4 Å². The van der Waals surface area contributed by atoms with Gasteiger partial charge in [-0.1, -0.05) is 0 Å². The van der Waals surface area contributed by atoms with Crippen LogP contribution in [0.5, 0.6) is 0 Å². The molecule has 0 saturated heterocycles. The fourth-order valence-electron chi connectivity index (χ4n) is 0.684. The molecular weight excluding hydrogens is 161 g/mol. The molecule has 4 heteroatoms. The quantitative estimate of drug-likeness (QED) is 0.533. The van der Waals surface area contributed by atoms with Gasteiger partial charge < -0.3 is 5.11 Å². The number of carboxylic acids is 1. The number of carboxylic acid groups (broad SMARTS) is 1. The van der Waals surface area contributed by atoms with Gasteiger partial charge in [0.05, 0.1) is 0 Å². The summed E-state index contributed by atoms with van der Waals surface area (Å²) in [5, 5.41) is 8.24. The average Bonchev–Trinajstić information content (AvgIpc) is 2.03. The van der Waals surface area contributed by atoms with Crippen LogP contribution in [0.25, 0.3) is 6.08 Å². The fourth-order valence-corrected chi connectivity index (χ4v) is 0.684. The molecule has 1 aromatic heterocycles. The third kappa shape index (κ3) is 2.16. The molecule has 0 fully saturated rings. The van der Waals surface area contributed by atoms with Crippen LogP contribution >= 0.6 is 0 Å². The maximum atomic E-state index is 12.7. The number of halogens is 1. The Morgan fingerprint density at radius 3 is 3.00 bits per heavy atom. The number of aromatic nitrogens is 1. The third-order valence-corrected chi connectivity index (χ3v) is 1.19. The Hall–Kier alpha value is -1.71. The number of aliphatic carboxylic acids is 1. The van der Waals surface area contributed by atoms with E-state index in [-0.39, 0.29) is 5.56 Å². The number of hydrogen-bond acceptors (Lipinski definition) is 2. The molecule has 0 aromatic carbocycles. The molecule has 1 heterocycles.